The molecule has 2 N–H and O–H groups in total. The Morgan fingerprint density at radius 1 is 1.22 bits per heavy atom. The molecule has 27 heavy (non-hydrogen) atoms. The Labute approximate surface area is 161 Å². The van der Waals surface area contributed by atoms with Crippen LogP contribution in [0.3, 0.4) is 0 Å². The monoisotopic (exact) mass is 379 g/mol. The number of aryl methyl sites for hydroxylation is 2. The third kappa shape index (κ3) is 3.22. The lowest BCUT2D eigenvalue weighted by Crippen LogP contribution is -2.24. The zero-order valence-electron chi connectivity index (χ0n) is 15.0. The number of fused-ring (bicyclic) bond motifs is 1. The van der Waals surface area contributed by atoms with Gasteiger partial charge in [-0.3, -0.25) is 4.79 Å². The fourth-order valence-corrected chi connectivity index (χ4v) is 3.52. The van der Waals surface area contributed by atoms with Crippen molar-refractivity contribution in [1.29, 1.82) is 0 Å². The summed E-state index contributed by atoms with van der Waals surface area (Å²) in [5.41, 5.74) is 5.45. The van der Waals surface area contributed by atoms with Crippen LogP contribution in [0.1, 0.15) is 27.4 Å². The number of halogens is 1. The minimum absolute atomic E-state index is 0.277. The number of oxazole rings is 1. The summed E-state index contributed by atoms with van der Waals surface area (Å²) < 4.78 is 5.10. The maximum atomic E-state index is 12.3. The molecule has 1 amide bonds. The molecule has 0 radical (unpaired) electrons. The van der Waals surface area contributed by atoms with Gasteiger partial charge in [-0.05, 0) is 42.7 Å². The molecule has 0 aliphatic rings. The van der Waals surface area contributed by atoms with Gasteiger partial charge in [-0.2, -0.15) is 0 Å². The van der Waals surface area contributed by atoms with Crippen molar-refractivity contribution >= 4 is 28.4 Å². The number of aromatic amines is 1. The topological polar surface area (TPSA) is 70.9 Å². The molecule has 0 aliphatic heterocycles. The van der Waals surface area contributed by atoms with Crippen LogP contribution < -0.4 is 5.32 Å². The Bertz CT molecular complexity index is 1130. The van der Waals surface area contributed by atoms with E-state index in [1.54, 1.807) is 6.92 Å². The van der Waals surface area contributed by atoms with Crippen LogP contribution >= 0.6 is 11.6 Å². The largest absolute Gasteiger partial charge is 0.448 e. The lowest BCUT2D eigenvalue weighted by atomic mass is 10.1. The number of carbonyl (C=O) groups is 1. The third-order valence-electron chi connectivity index (χ3n) is 4.68. The van der Waals surface area contributed by atoms with E-state index in [0.717, 1.165) is 33.3 Å². The number of hydrogen-bond acceptors (Lipinski definition) is 3. The summed E-state index contributed by atoms with van der Waals surface area (Å²) in [6.07, 6.45) is 1.27. The molecule has 5 nitrogen and oxygen atoms in total. The number of nitrogens with zero attached hydrogens (tertiary/aromatic N) is 1. The Kier molecular flexibility index (Phi) is 4.46. The molecule has 2 heterocycles. The standard InChI is InChI=1S/C21H18ClN3O2/c1-12-17-9-16(22)8-15(10-23-21(26)19-13(2)27-11-24-19)20(17)25-18(12)14-6-4-3-5-7-14/h3-9,11,25H,10H2,1-2H3,(H,23,26). The fourth-order valence-electron chi connectivity index (χ4n) is 3.28. The number of nitrogens with one attached hydrogen (secondary N) is 2. The summed E-state index contributed by atoms with van der Waals surface area (Å²) in [4.78, 5) is 19.8. The first kappa shape index (κ1) is 17.4. The SMILES string of the molecule is Cc1ocnc1C(=O)NCc1cc(Cl)cc2c(C)c(-c3ccccc3)[nH]c12. The summed E-state index contributed by atoms with van der Waals surface area (Å²) in [5.74, 6) is 0.215. The molecular formula is C21H18ClN3O2. The zero-order valence-corrected chi connectivity index (χ0v) is 15.7. The molecule has 2 aromatic heterocycles. The lowest BCUT2D eigenvalue weighted by molar-refractivity contribution is 0.0945. The van der Waals surface area contributed by atoms with E-state index in [1.165, 1.54) is 6.39 Å². The van der Waals surface area contributed by atoms with Gasteiger partial charge in [0.25, 0.3) is 5.91 Å². The van der Waals surface area contributed by atoms with Gasteiger partial charge in [0.05, 0.1) is 5.52 Å². The van der Waals surface area contributed by atoms with Crippen LogP contribution in [-0.4, -0.2) is 15.9 Å². The van der Waals surface area contributed by atoms with Crippen molar-refractivity contribution in [2.45, 2.75) is 20.4 Å². The van der Waals surface area contributed by atoms with E-state index in [9.17, 15) is 4.79 Å². The molecule has 0 saturated carbocycles. The molecule has 136 valence electrons. The van der Waals surface area contributed by atoms with Crippen molar-refractivity contribution in [2.24, 2.45) is 0 Å². The molecule has 0 fully saturated rings. The van der Waals surface area contributed by atoms with Gasteiger partial charge < -0.3 is 14.7 Å². The van der Waals surface area contributed by atoms with Crippen molar-refractivity contribution in [2.75, 3.05) is 0 Å². The van der Waals surface area contributed by atoms with Gasteiger partial charge >= 0.3 is 0 Å². The van der Waals surface area contributed by atoms with E-state index < -0.39 is 0 Å². The van der Waals surface area contributed by atoms with Gasteiger partial charge in [0, 0.05) is 22.6 Å². The molecule has 0 saturated heterocycles. The van der Waals surface area contributed by atoms with Crippen molar-refractivity contribution in [3.63, 3.8) is 0 Å². The molecule has 2 aromatic carbocycles. The maximum Gasteiger partial charge on any atom is 0.273 e. The summed E-state index contributed by atoms with van der Waals surface area (Å²) in [5, 5.41) is 4.57. The highest BCUT2D eigenvalue weighted by molar-refractivity contribution is 6.31. The first-order valence-corrected chi connectivity index (χ1v) is 8.97. The molecule has 6 heteroatoms. The van der Waals surface area contributed by atoms with Gasteiger partial charge in [-0.25, -0.2) is 4.98 Å². The van der Waals surface area contributed by atoms with Crippen molar-refractivity contribution < 1.29 is 9.21 Å². The Morgan fingerprint density at radius 3 is 2.70 bits per heavy atom. The second-order valence-electron chi connectivity index (χ2n) is 6.42. The highest BCUT2D eigenvalue weighted by Crippen LogP contribution is 2.33. The quantitative estimate of drug-likeness (QED) is 0.522. The van der Waals surface area contributed by atoms with Crippen LogP contribution in [0.5, 0.6) is 0 Å². The highest BCUT2D eigenvalue weighted by Gasteiger charge is 2.16. The van der Waals surface area contributed by atoms with Gasteiger partial charge in [-0.1, -0.05) is 41.9 Å². The second-order valence-corrected chi connectivity index (χ2v) is 6.85. The predicted octanol–water partition coefficient (Wildman–Crippen LogP) is 5.02. The van der Waals surface area contributed by atoms with E-state index in [4.69, 9.17) is 16.0 Å². The minimum atomic E-state index is -0.277. The summed E-state index contributed by atoms with van der Waals surface area (Å²) in [6, 6.07) is 13.9. The van der Waals surface area contributed by atoms with Gasteiger partial charge in [0.1, 0.15) is 5.76 Å². The average Bonchev–Trinajstić information content (AvgIpc) is 3.24. The van der Waals surface area contributed by atoms with E-state index in [-0.39, 0.29) is 5.91 Å². The van der Waals surface area contributed by atoms with E-state index in [1.807, 2.05) is 30.3 Å². The van der Waals surface area contributed by atoms with Gasteiger partial charge in [0.15, 0.2) is 12.1 Å². The van der Waals surface area contributed by atoms with Crippen LogP contribution in [0.15, 0.2) is 53.3 Å². The fraction of sp³-hybridized carbons (Fsp3) is 0.143. The van der Waals surface area contributed by atoms with Crippen LogP contribution in [0, 0.1) is 13.8 Å². The first-order chi connectivity index (χ1) is 13.0. The van der Waals surface area contributed by atoms with Gasteiger partial charge in [0.2, 0.25) is 0 Å². The molecule has 0 aliphatic carbocycles. The number of H-pyrrole nitrogens is 1. The smallest absolute Gasteiger partial charge is 0.273 e. The molecule has 0 unspecified atom stereocenters. The normalized spacial score (nSPS) is 11.1. The molecule has 4 rings (SSSR count). The van der Waals surface area contributed by atoms with Crippen LogP contribution in [0.4, 0.5) is 0 Å². The Morgan fingerprint density at radius 2 is 2.00 bits per heavy atom. The Balaban J connectivity index is 1.71. The molecule has 0 bridgehead atoms. The van der Waals surface area contributed by atoms with Crippen molar-refractivity contribution in [3.8, 4) is 11.3 Å². The minimum Gasteiger partial charge on any atom is -0.448 e. The third-order valence-corrected chi connectivity index (χ3v) is 4.89. The predicted molar refractivity (Wildman–Crippen MR) is 106 cm³/mol. The average molecular weight is 380 g/mol. The summed E-state index contributed by atoms with van der Waals surface area (Å²) in [7, 11) is 0. The molecule has 0 spiro atoms. The van der Waals surface area contributed by atoms with Gasteiger partial charge in [-0.15, -0.1) is 0 Å². The van der Waals surface area contributed by atoms with Crippen LogP contribution in [0.25, 0.3) is 22.2 Å². The van der Waals surface area contributed by atoms with Crippen molar-refractivity contribution in [1.82, 2.24) is 15.3 Å². The number of rotatable bonds is 4. The summed E-state index contributed by atoms with van der Waals surface area (Å²) >= 11 is 6.34. The summed E-state index contributed by atoms with van der Waals surface area (Å²) in [6.45, 7) is 4.11. The van der Waals surface area contributed by atoms with E-state index in [2.05, 4.69) is 34.3 Å². The number of amides is 1. The number of aromatic nitrogens is 2. The highest BCUT2D eigenvalue weighted by atomic mass is 35.5. The second kappa shape index (κ2) is 6.93. The lowest BCUT2D eigenvalue weighted by Gasteiger charge is -2.07. The van der Waals surface area contributed by atoms with E-state index >= 15 is 0 Å². The number of benzene rings is 2. The molecular weight excluding hydrogens is 362 g/mol. The molecule has 4 aromatic rings. The number of hydrogen-bond donors (Lipinski definition) is 2. The number of carbonyl (C=O) groups excluding carboxylic acids is 1. The molecule has 0 atom stereocenters. The van der Waals surface area contributed by atoms with Crippen LogP contribution in [0.2, 0.25) is 5.02 Å². The van der Waals surface area contributed by atoms with E-state index in [0.29, 0.717) is 23.0 Å². The maximum absolute atomic E-state index is 12.3. The van der Waals surface area contributed by atoms with Crippen molar-refractivity contribution in [3.05, 3.63) is 76.5 Å². The van der Waals surface area contributed by atoms with Crippen LogP contribution in [-0.2, 0) is 6.54 Å². The Hall–Kier alpha value is -3.05. The first-order valence-electron chi connectivity index (χ1n) is 8.59. The zero-order chi connectivity index (χ0) is 19.0.